The van der Waals surface area contributed by atoms with E-state index >= 15 is 0 Å². The predicted molar refractivity (Wildman–Crippen MR) is 81.1 cm³/mol. The van der Waals surface area contributed by atoms with E-state index in [9.17, 15) is 4.39 Å². The first-order valence-electron chi connectivity index (χ1n) is 6.35. The first kappa shape index (κ1) is 14.8. The molecule has 0 amide bonds. The van der Waals surface area contributed by atoms with E-state index in [2.05, 4.69) is 46.3 Å². The molecule has 1 heterocycles. The van der Waals surface area contributed by atoms with Gasteiger partial charge in [-0.15, -0.1) is 11.6 Å². The van der Waals surface area contributed by atoms with Crippen LogP contribution in [0.15, 0.2) is 16.6 Å². The van der Waals surface area contributed by atoms with Gasteiger partial charge in [0.05, 0.1) is 21.4 Å². The summed E-state index contributed by atoms with van der Waals surface area (Å²) in [4.78, 5) is 4.43. The number of hydrogen-bond acceptors (Lipinski definition) is 1. The maximum Gasteiger partial charge on any atom is 0.139 e. The van der Waals surface area contributed by atoms with Crippen LogP contribution < -0.4 is 0 Å². The molecular formula is C14H17BrClFN2. The highest BCUT2D eigenvalue weighted by Crippen LogP contribution is 2.29. The van der Waals surface area contributed by atoms with Crippen molar-refractivity contribution >= 4 is 38.6 Å². The minimum atomic E-state index is -0.296. The van der Waals surface area contributed by atoms with Gasteiger partial charge in [0.15, 0.2) is 0 Å². The van der Waals surface area contributed by atoms with E-state index in [0.717, 1.165) is 17.8 Å². The molecule has 0 aliphatic rings. The molecule has 0 bridgehead atoms. The summed E-state index contributed by atoms with van der Waals surface area (Å²) in [5.41, 5.74) is 1.59. The molecule has 19 heavy (non-hydrogen) atoms. The molecule has 1 aromatic carbocycles. The van der Waals surface area contributed by atoms with Crippen molar-refractivity contribution in [3.05, 3.63) is 28.2 Å². The molecular weight excluding hydrogens is 331 g/mol. The number of nitrogens with zero attached hydrogens (tertiary/aromatic N) is 2. The highest BCUT2D eigenvalue weighted by atomic mass is 79.9. The largest absolute Gasteiger partial charge is 0.324 e. The standard InChI is InChI=1S/C14H17BrClFN2/c1-8(2)4-9(3)19-13-5-10(15)11(17)6-12(13)18-14(19)7-16/h5-6,8-9H,4,7H2,1-3H3. The van der Waals surface area contributed by atoms with Crippen LogP contribution in [0.1, 0.15) is 39.1 Å². The van der Waals surface area contributed by atoms with E-state index in [1.54, 1.807) is 6.07 Å². The number of benzene rings is 1. The molecule has 0 aliphatic heterocycles. The van der Waals surface area contributed by atoms with Crippen molar-refractivity contribution in [3.63, 3.8) is 0 Å². The highest BCUT2D eigenvalue weighted by molar-refractivity contribution is 9.10. The van der Waals surface area contributed by atoms with Crippen molar-refractivity contribution in [3.8, 4) is 0 Å². The Morgan fingerprint density at radius 3 is 2.63 bits per heavy atom. The second kappa shape index (κ2) is 5.80. The van der Waals surface area contributed by atoms with Gasteiger partial charge in [0.25, 0.3) is 0 Å². The van der Waals surface area contributed by atoms with Crippen molar-refractivity contribution in [1.29, 1.82) is 0 Å². The van der Waals surface area contributed by atoms with Gasteiger partial charge in [-0.05, 0) is 41.3 Å². The van der Waals surface area contributed by atoms with E-state index < -0.39 is 0 Å². The third-order valence-corrected chi connectivity index (χ3v) is 4.02. The first-order valence-corrected chi connectivity index (χ1v) is 7.68. The van der Waals surface area contributed by atoms with Gasteiger partial charge in [-0.2, -0.15) is 0 Å². The van der Waals surface area contributed by atoms with Crippen LogP contribution in [0, 0.1) is 11.7 Å². The lowest BCUT2D eigenvalue weighted by Crippen LogP contribution is -2.11. The summed E-state index contributed by atoms with van der Waals surface area (Å²) in [5, 5.41) is 0. The van der Waals surface area contributed by atoms with E-state index in [-0.39, 0.29) is 11.9 Å². The molecule has 2 rings (SSSR count). The van der Waals surface area contributed by atoms with Gasteiger partial charge < -0.3 is 4.57 Å². The van der Waals surface area contributed by atoms with Gasteiger partial charge in [0, 0.05) is 12.1 Å². The van der Waals surface area contributed by atoms with Crippen molar-refractivity contribution in [2.45, 2.75) is 39.1 Å². The Balaban J connectivity index is 2.59. The first-order chi connectivity index (χ1) is 8.93. The van der Waals surface area contributed by atoms with Gasteiger partial charge in [-0.3, -0.25) is 0 Å². The summed E-state index contributed by atoms with van der Waals surface area (Å²) in [7, 11) is 0. The van der Waals surface area contributed by atoms with E-state index in [4.69, 9.17) is 11.6 Å². The third-order valence-electron chi connectivity index (χ3n) is 3.18. The molecule has 1 atom stereocenters. The zero-order valence-electron chi connectivity index (χ0n) is 11.3. The highest BCUT2D eigenvalue weighted by Gasteiger charge is 2.17. The zero-order valence-corrected chi connectivity index (χ0v) is 13.6. The van der Waals surface area contributed by atoms with Crippen LogP contribution >= 0.6 is 27.5 Å². The fraction of sp³-hybridized carbons (Fsp3) is 0.500. The normalized spacial score (nSPS) is 13.4. The van der Waals surface area contributed by atoms with Gasteiger partial charge in [0.1, 0.15) is 11.6 Å². The molecule has 0 N–H and O–H groups in total. The van der Waals surface area contributed by atoms with E-state index in [0.29, 0.717) is 21.8 Å². The van der Waals surface area contributed by atoms with Gasteiger partial charge >= 0.3 is 0 Å². The molecule has 104 valence electrons. The maximum absolute atomic E-state index is 13.6. The van der Waals surface area contributed by atoms with Gasteiger partial charge in [0.2, 0.25) is 0 Å². The second-order valence-corrected chi connectivity index (χ2v) is 6.39. The van der Waals surface area contributed by atoms with E-state index in [1.807, 2.05) is 0 Å². The lowest BCUT2D eigenvalue weighted by molar-refractivity contribution is 0.428. The number of fused-ring (bicyclic) bond motifs is 1. The van der Waals surface area contributed by atoms with Gasteiger partial charge in [-0.1, -0.05) is 13.8 Å². The van der Waals surface area contributed by atoms with Crippen LogP contribution in [-0.4, -0.2) is 9.55 Å². The number of halogens is 3. The Hall–Kier alpha value is -0.610. The molecule has 5 heteroatoms. The van der Waals surface area contributed by atoms with Crippen molar-refractivity contribution in [2.75, 3.05) is 0 Å². The van der Waals surface area contributed by atoms with Crippen molar-refractivity contribution in [1.82, 2.24) is 9.55 Å². The van der Waals surface area contributed by atoms with Gasteiger partial charge in [-0.25, -0.2) is 9.37 Å². The van der Waals surface area contributed by atoms with Crippen LogP contribution in [0.4, 0.5) is 4.39 Å². The van der Waals surface area contributed by atoms with Crippen LogP contribution in [0.25, 0.3) is 11.0 Å². The monoisotopic (exact) mass is 346 g/mol. The summed E-state index contributed by atoms with van der Waals surface area (Å²) in [6.45, 7) is 6.52. The molecule has 0 saturated heterocycles. The summed E-state index contributed by atoms with van der Waals surface area (Å²) in [6.07, 6.45) is 1.03. The number of hydrogen-bond donors (Lipinski definition) is 0. The van der Waals surface area contributed by atoms with Crippen LogP contribution in [0.3, 0.4) is 0 Å². The number of alkyl halides is 1. The molecule has 2 aromatic rings. The van der Waals surface area contributed by atoms with Crippen molar-refractivity contribution < 1.29 is 4.39 Å². The summed E-state index contributed by atoms with van der Waals surface area (Å²) in [6, 6.07) is 3.52. The zero-order chi connectivity index (χ0) is 14.2. The lowest BCUT2D eigenvalue weighted by atomic mass is 10.0. The molecule has 1 unspecified atom stereocenters. The number of aromatic nitrogens is 2. The maximum atomic E-state index is 13.6. The molecule has 0 radical (unpaired) electrons. The Bertz CT molecular complexity index is 595. The summed E-state index contributed by atoms with van der Waals surface area (Å²) < 4.78 is 16.2. The summed E-state index contributed by atoms with van der Waals surface area (Å²) in [5.74, 6) is 1.41. The van der Waals surface area contributed by atoms with Crippen LogP contribution in [0.5, 0.6) is 0 Å². The third kappa shape index (κ3) is 2.95. The minimum absolute atomic E-state index is 0.288. The Morgan fingerprint density at radius 2 is 2.05 bits per heavy atom. The second-order valence-electron chi connectivity index (χ2n) is 5.27. The minimum Gasteiger partial charge on any atom is -0.324 e. The van der Waals surface area contributed by atoms with Crippen molar-refractivity contribution in [2.24, 2.45) is 5.92 Å². The molecule has 2 nitrogen and oxygen atoms in total. The fourth-order valence-electron chi connectivity index (χ4n) is 2.51. The average Bonchev–Trinajstić information content (AvgIpc) is 2.66. The Kier molecular flexibility index (Phi) is 4.51. The van der Waals surface area contributed by atoms with Crippen LogP contribution in [0.2, 0.25) is 0 Å². The molecule has 0 fully saturated rings. The predicted octanol–water partition coefficient (Wildman–Crippen LogP) is 5.28. The van der Waals surface area contributed by atoms with E-state index in [1.165, 1.54) is 6.07 Å². The molecule has 1 aromatic heterocycles. The number of rotatable bonds is 4. The summed E-state index contributed by atoms with van der Waals surface area (Å²) >= 11 is 9.21. The fourth-order valence-corrected chi connectivity index (χ4v) is 3.03. The smallest absolute Gasteiger partial charge is 0.139 e. The average molecular weight is 348 g/mol. The molecule has 0 saturated carbocycles. The Labute approximate surface area is 126 Å². The number of imidazole rings is 1. The molecule has 0 aliphatic carbocycles. The lowest BCUT2D eigenvalue weighted by Gasteiger charge is -2.19. The topological polar surface area (TPSA) is 17.8 Å². The van der Waals surface area contributed by atoms with Crippen LogP contribution in [-0.2, 0) is 5.88 Å². The Morgan fingerprint density at radius 1 is 1.37 bits per heavy atom. The SMILES string of the molecule is CC(C)CC(C)n1c(CCl)nc2cc(F)c(Br)cc21. The molecule has 0 spiro atoms. The quantitative estimate of drug-likeness (QED) is 0.688.